The van der Waals surface area contributed by atoms with Crippen LogP contribution in [0.5, 0.6) is 0 Å². The molecule has 3 N–H and O–H groups in total. The van der Waals surface area contributed by atoms with Crippen LogP contribution >= 0.6 is 11.8 Å². The number of nitrogens with zero attached hydrogens (tertiary/aromatic N) is 1. The maximum atomic E-state index is 13.7. The fourth-order valence-corrected chi connectivity index (χ4v) is 8.45. The van der Waals surface area contributed by atoms with Crippen LogP contribution < -0.4 is 10.6 Å². The van der Waals surface area contributed by atoms with Crippen LogP contribution in [0.2, 0.25) is 0 Å². The van der Waals surface area contributed by atoms with Gasteiger partial charge in [-0.1, -0.05) is 26.2 Å². The highest BCUT2D eigenvalue weighted by Crippen LogP contribution is 2.71. The number of aliphatic hydroxyl groups is 1. The van der Waals surface area contributed by atoms with Gasteiger partial charge >= 0.3 is 0 Å². The van der Waals surface area contributed by atoms with Crippen LogP contribution in [0.3, 0.4) is 0 Å². The molecule has 3 aliphatic heterocycles. The number of fused-ring (bicyclic) bond motifs is 1. The Morgan fingerprint density at radius 2 is 1.94 bits per heavy atom. The van der Waals surface area contributed by atoms with E-state index in [4.69, 9.17) is 5.11 Å². The third-order valence-electron chi connectivity index (χ3n) is 7.47. The highest BCUT2D eigenvalue weighted by molar-refractivity contribution is 8.02. The van der Waals surface area contributed by atoms with E-state index in [-0.39, 0.29) is 35.1 Å². The summed E-state index contributed by atoms with van der Waals surface area (Å²) >= 11 is 1.72. The number of carbonyl (C=O) groups is 3. The average Bonchev–Trinajstić information content (AvgIpc) is 3.28. The molecule has 3 fully saturated rings. The van der Waals surface area contributed by atoms with Crippen molar-refractivity contribution in [1.29, 1.82) is 0 Å². The Hall–Kier alpha value is -1.28. The molecule has 2 bridgehead atoms. The van der Waals surface area contributed by atoms with Crippen molar-refractivity contribution >= 4 is 29.5 Å². The molecule has 3 heterocycles. The molecule has 6 atom stereocenters. The molecule has 7 nitrogen and oxygen atoms in total. The summed E-state index contributed by atoms with van der Waals surface area (Å²) < 4.78 is -0.828. The van der Waals surface area contributed by atoms with Gasteiger partial charge < -0.3 is 20.6 Å². The molecular weight excluding hydrogens is 414 g/mol. The highest BCUT2D eigenvalue weighted by atomic mass is 32.2. The number of hydrogen-bond acceptors (Lipinski definition) is 5. The maximum Gasteiger partial charge on any atom is 0.244 e. The van der Waals surface area contributed by atoms with Gasteiger partial charge in [0.15, 0.2) is 0 Å². The number of amides is 3. The Morgan fingerprint density at radius 1 is 1.23 bits per heavy atom. The molecule has 3 amide bonds. The lowest BCUT2D eigenvalue weighted by molar-refractivity contribution is -0.140. The van der Waals surface area contributed by atoms with Gasteiger partial charge in [-0.25, -0.2) is 0 Å². The second-order valence-electron chi connectivity index (χ2n) is 9.71. The van der Waals surface area contributed by atoms with Crippen LogP contribution in [0.25, 0.3) is 0 Å². The van der Waals surface area contributed by atoms with Gasteiger partial charge in [0.1, 0.15) is 6.04 Å². The number of thioether (sulfide) groups is 1. The summed E-state index contributed by atoms with van der Waals surface area (Å²) in [4.78, 5) is 41.9. The third-order valence-corrected chi connectivity index (χ3v) is 9.46. The minimum atomic E-state index is -0.524. The zero-order chi connectivity index (χ0) is 22.8. The lowest BCUT2D eigenvalue weighted by atomic mass is 9.66. The first-order valence-electron chi connectivity index (χ1n) is 11.9. The molecular formula is C23H39N3O4S. The zero-order valence-corrected chi connectivity index (χ0v) is 20.2. The molecule has 31 heavy (non-hydrogen) atoms. The summed E-state index contributed by atoms with van der Waals surface area (Å²) in [6.07, 6.45) is 6.89. The fraction of sp³-hybridized carbons (Fsp3) is 0.870. The lowest BCUT2D eigenvalue weighted by Crippen LogP contribution is -2.55. The Bertz CT molecular complexity index is 704. The van der Waals surface area contributed by atoms with E-state index in [0.29, 0.717) is 6.54 Å². The van der Waals surface area contributed by atoms with Crippen LogP contribution in [-0.4, -0.2) is 69.5 Å². The Balaban J connectivity index is 1.89. The Kier molecular flexibility index (Phi) is 7.62. The first-order valence-corrected chi connectivity index (χ1v) is 12.7. The van der Waals surface area contributed by atoms with Crippen LogP contribution in [-0.2, 0) is 14.4 Å². The number of nitrogens with one attached hydrogen (secondary N) is 2. The number of hydrogen-bond donors (Lipinski definition) is 3. The summed E-state index contributed by atoms with van der Waals surface area (Å²) in [7, 11) is 1.63. The molecule has 3 saturated heterocycles. The van der Waals surface area contributed by atoms with Crippen molar-refractivity contribution in [3.8, 4) is 0 Å². The van der Waals surface area contributed by atoms with Gasteiger partial charge in [-0.15, -0.1) is 11.8 Å². The quantitative estimate of drug-likeness (QED) is 0.416. The van der Waals surface area contributed by atoms with E-state index in [9.17, 15) is 14.4 Å². The average molecular weight is 454 g/mol. The number of unbranched alkanes of at least 4 members (excludes halogenated alkanes) is 3. The minimum Gasteiger partial charge on any atom is -0.396 e. The van der Waals surface area contributed by atoms with Crippen molar-refractivity contribution in [1.82, 2.24) is 15.5 Å². The second-order valence-corrected chi connectivity index (χ2v) is 11.6. The van der Waals surface area contributed by atoms with E-state index in [2.05, 4.69) is 24.5 Å². The predicted molar refractivity (Wildman–Crippen MR) is 123 cm³/mol. The zero-order valence-electron chi connectivity index (χ0n) is 19.4. The van der Waals surface area contributed by atoms with Crippen molar-refractivity contribution < 1.29 is 19.5 Å². The van der Waals surface area contributed by atoms with Gasteiger partial charge in [-0.3, -0.25) is 14.4 Å². The lowest BCUT2D eigenvalue weighted by Gasteiger charge is -2.35. The van der Waals surface area contributed by atoms with Gasteiger partial charge in [0, 0.05) is 31.0 Å². The summed E-state index contributed by atoms with van der Waals surface area (Å²) in [5, 5.41) is 15.0. The molecule has 3 rings (SSSR count). The molecule has 0 saturated carbocycles. The first kappa shape index (κ1) is 24.4. The van der Waals surface area contributed by atoms with E-state index in [1.807, 2.05) is 6.92 Å². The van der Waals surface area contributed by atoms with Crippen molar-refractivity contribution in [2.45, 2.75) is 93.7 Å². The summed E-state index contributed by atoms with van der Waals surface area (Å²) in [6.45, 7) is 6.91. The predicted octanol–water partition coefficient (Wildman–Crippen LogP) is 2.07. The van der Waals surface area contributed by atoms with Gasteiger partial charge in [0.05, 0.1) is 16.6 Å². The fourth-order valence-electron chi connectivity index (χ4n) is 6.10. The van der Waals surface area contributed by atoms with E-state index in [1.165, 1.54) is 0 Å². The van der Waals surface area contributed by atoms with Crippen molar-refractivity contribution in [2.24, 2.45) is 11.8 Å². The SMILES string of the molecule is CCCC(C)NC(=O)C1N(CCCCCCO)C(=O)[C@@H]2[C@@H](C(=O)NC)[C@@]3(C)CCC12S3. The van der Waals surface area contributed by atoms with E-state index < -0.39 is 22.6 Å². The van der Waals surface area contributed by atoms with Gasteiger partial charge in [-0.2, -0.15) is 0 Å². The topological polar surface area (TPSA) is 98.7 Å². The monoisotopic (exact) mass is 453 g/mol. The highest BCUT2D eigenvalue weighted by Gasteiger charge is 2.76. The molecule has 176 valence electrons. The van der Waals surface area contributed by atoms with E-state index >= 15 is 0 Å². The Morgan fingerprint density at radius 3 is 2.58 bits per heavy atom. The molecule has 0 aromatic heterocycles. The third kappa shape index (κ3) is 4.22. The van der Waals surface area contributed by atoms with Crippen LogP contribution in [0, 0.1) is 11.8 Å². The van der Waals surface area contributed by atoms with E-state index in [1.54, 1.807) is 23.7 Å². The molecule has 3 aliphatic rings. The largest absolute Gasteiger partial charge is 0.396 e. The van der Waals surface area contributed by atoms with Crippen molar-refractivity contribution in [2.75, 3.05) is 20.2 Å². The van der Waals surface area contributed by atoms with Crippen LogP contribution in [0.4, 0.5) is 0 Å². The first-order chi connectivity index (χ1) is 14.8. The summed E-state index contributed by atoms with van der Waals surface area (Å²) in [6, 6.07) is -0.466. The summed E-state index contributed by atoms with van der Waals surface area (Å²) in [5.41, 5.74) is 0. The molecule has 0 aromatic carbocycles. The smallest absolute Gasteiger partial charge is 0.244 e. The molecule has 0 aliphatic carbocycles. The molecule has 0 radical (unpaired) electrons. The number of carbonyl (C=O) groups excluding carboxylic acids is 3. The van der Waals surface area contributed by atoms with Crippen molar-refractivity contribution in [3.63, 3.8) is 0 Å². The summed E-state index contributed by atoms with van der Waals surface area (Å²) in [5.74, 6) is -1.02. The van der Waals surface area contributed by atoms with Crippen molar-refractivity contribution in [3.05, 3.63) is 0 Å². The molecule has 0 aromatic rings. The number of aliphatic hydroxyl groups excluding tert-OH is 1. The van der Waals surface area contributed by atoms with Gasteiger partial charge in [-0.05, 0) is 46.0 Å². The van der Waals surface area contributed by atoms with Gasteiger partial charge in [0.25, 0.3) is 0 Å². The van der Waals surface area contributed by atoms with E-state index in [0.717, 1.165) is 51.4 Å². The second kappa shape index (κ2) is 9.69. The maximum absolute atomic E-state index is 13.7. The minimum absolute atomic E-state index is 0.0324. The number of likely N-dealkylation sites (tertiary alicyclic amines) is 1. The molecule has 8 heteroatoms. The van der Waals surface area contributed by atoms with Gasteiger partial charge in [0.2, 0.25) is 17.7 Å². The van der Waals surface area contributed by atoms with Crippen LogP contribution in [0.1, 0.15) is 72.1 Å². The van der Waals surface area contributed by atoms with Crippen LogP contribution in [0.15, 0.2) is 0 Å². The molecule has 1 spiro atoms. The number of rotatable bonds is 11. The standard InChI is InChI=1S/C23H39N3O4S/c1-5-10-15(2)25-20(29)18-23-12-11-22(3,31-23)16(19(28)24-4)17(23)21(30)26(18)13-8-6-7-9-14-27/h15-18,27H,5-14H2,1-4H3,(H,24,28)(H,25,29)/t15?,16-,17-,18?,22+,23?/m0/s1. The normalized spacial score (nSPS) is 34.7. The molecule has 3 unspecified atom stereocenters. The Labute approximate surface area is 190 Å².